The molecular weight excluding hydrogens is 327 g/mol. The Morgan fingerprint density at radius 1 is 1.09 bits per heavy atom. The summed E-state index contributed by atoms with van der Waals surface area (Å²) in [5.74, 6) is -0.325. The van der Waals surface area contributed by atoms with E-state index in [1.54, 1.807) is 12.1 Å². The molecule has 0 saturated carbocycles. The molecule has 1 aromatic rings. The van der Waals surface area contributed by atoms with Gasteiger partial charge >= 0.3 is 0 Å². The number of carbonyl (C=O) groups excluding carboxylic acids is 2. The van der Waals surface area contributed by atoms with E-state index in [-0.39, 0.29) is 12.5 Å². The fourth-order valence-corrected chi connectivity index (χ4v) is 2.15. The highest BCUT2D eigenvalue weighted by molar-refractivity contribution is 6.35. The second kappa shape index (κ2) is 10.3. The first kappa shape index (κ1) is 18.6. The molecule has 1 rings (SSSR count). The lowest BCUT2D eigenvalue weighted by Gasteiger charge is -2.10. The standard InChI is InChI=1S/C15H20Cl2N2O3/c1-2-3-4-5-6-14(20)18-19-15(21)10-22-13-8-7-11(16)9-12(13)17/h7-9H,2-6,10H2,1H3,(H,18,20)(H,19,21). The van der Waals surface area contributed by atoms with Crippen molar-refractivity contribution in [2.24, 2.45) is 0 Å². The maximum atomic E-state index is 11.6. The average Bonchev–Trinajstić information content (AvgIpc) is 2.48. The van der Waals surface area contributed by atoms with Crippen molar-refractivity contribution in [3.05, 3.63) is 28.2 Å². The third kappa shape index (κ3) is 7.52. The lowest BCUT2D eigenvalue weighted by Crippen LogP contribution is -2.43. The van der Waals surface area contributed by atoms with E-state index in [1.165, 1.54) is 6.07 Å². The van der Waals surface area contributed by atoms with Crippen LogP contribution in [0.15, 0.2) is 18.2 Å². The average molecular weight is 347 g/mol. The predicted molar refractivity (Wildman–Crippen MR) is 87.0 cm³/mol. The molecule has 0 aliphatic heterocycles. The van der Waals surface area contributed by atoms with Gasteiger partial charge in [-0.05, 0) is 24.6 Å². The van der Waals surface area contributed by atoms with Crippen LogP contribution in [0.2, 0.25) is 10.0 Å². The van der Waals surface area contributed by atoms with Crippen LogP contribution in [-0.4, -0.2) is 18.4 Å². The zero-order valence-electron chi connectivity index (χ0n) is 12.5. The molecule has 0 aliphatic carbocycles. The summed E-state index contributed by atoms with van der Waals surface area (Å²) in [6.07, 6.45) is 4.44. The van der Waals surface area contributed by atoms with E-state index >= 15 is 0 Å². The van der Waals surface area contributed by atoms with Crippen LogP contribution in [0.5, 0.6) is 5.75 Å². The quantitative estimate of drug-likeness (QED) is 0.559. The fraction of sp³-hybridized carbons (Fsp3) is 0.467. The van der Waals surface area contributed by atoms with Crippen molar-refractivity contribution in [2.75, 3.05) is 6.61 Å². The first-order chi connectivity index (χ1) is 10.5. The molecule has 2 amide bonds. The Kier molecular flexibility index (Phi) is 8.70. The first-order valence-electron chi connectivity index (χ1n) is 7.18. The normalized spacial score (nSPS) is 10.1. The van der Waals surface area contributed by atoms with Crippen molar-refractivity contribution in [1.82, 2.24) is 10.9 Å². The number of hydrogen-bond acceptors (Lipinski definition) is 3. The second-order valence-corrected chi connectivity index (χ2v) is 5.61. The molecule has 0 unspecified atom stereocenters. The molecule has 22 heavy (non-hydrogen) atoms. The van der Waals surface area contributed by atoms with E-state index in [0.29, 0.717) is 22.2 Å². The maximum Gasteiger partial charge on any atom is 0.276 e. The Balaban J connectivity index is 2.22. The van der Waals surface area contributed by atoms with Gasteiger partial charge < -0.3 is 4.74 Å². The van der Waals surface area contributed by atoms with Crippen LogP contribution in [0.1, 0.15) is 39.0 Å². The summed E-state index contributed by atoms with van der Waals surface area (Å²) in [5.41, 5.74) is 4.64. The number of amides is 2. The Hall–Kier alpha value is -1.46. The first-order valence-corrected chi connectivity index (χ1v) is 7.94. The minimum atomic E-state index is -0.465. The molecule has 0 aliphatic rings. The van der Waals surface area contributed by atoms with Gasteiger partial charge in [-0.3, -0.25) is 20.4 Å². The van der Waals surface area contributed by atoms with Gasteiger partial charge in [-0.15, -0.1) is 0 Å². The third-order valence-corrected chi connectivity index (χ3v) is 3.38. The molecule has 0 saturated heterocycles. The van der Waals surface area contributed by atoms with Gasteiger partial charge in [0, 0.05) is 11.4 Å². The zero-order chi connectivity index (χ0) is 16.4. The summed E-state index contributed by atoms with van der Waals surface area (Å²) in [6, 6.07) is 4.71. The highest BCUT2D eigenvalue weighted by Crippen LogP contribution is 2.27. The van der Waals surface area contributed by atoms with E-state index in [1.807, 2.05) is 0 Å². The molecular formula is C15H20Cl2N2O3. The molecule has 0 fully saturated rings. The summed E-state index contributed by atoms with van der Waals surface area (Å²) < 4.78 is 5.25. The smallest absolute Gasteiger partial charge is 0.276 e. The number of nitrogens with one attached hydrogen (secondary N) is 2. The van der Waals surface area contributed by atoms with Crippen LogP contribution in [0.4, 0.5) is 0 Å². The summed E-state index contributed by atoms with van der Waals surface area (Å²) in [4.78, 5) is 23.0. The number of halogens is 2. The molecule has 122 valence electrons. The van der Waals surface area contributed by atoms with Gasteiger partial charge in [0.1, 0.15) is 5.75 Å². The molecule has 7 heteroatoms. The third-order valence-electron chi connectivity index (χ3n) is 2.85. The molecule has 1 aromatic carbocycles. The number of unbranched alkanes of at least 4 members (excludes halogenated alkanes) is 3. The monoisotopic (exact) mass is 346 g/mol. The van der Waals surface area contributed by atoms with Gasteiger partial charge in [0.2, 0.25) is 5.91 Å². The van der Waals surface area contributed by atoms with Crippen LogP contribution in [0.25, 0.3) is 0 Å². The van der Waals surface area contributed by atoms with Gasteiger partial charge in [0.05, 0.1) is 5.02 Å². The van der Waals surface area contributed by atoms with Crippen LogP contribution in [0, 0.1) is 0 Å². The highest BCUT2D eigenvalue weighted by Gasteiger charge is 2.07. The topological polar surface area (TPSA) is 67.4 Å². The predicted octanol–water partition coefficient (Wildman–Crippen LogP) is 3.49. The minimum absolute atomic E-state index is 0.214. The van der Waals surface area contributed by atoms with Gasteiger partial charge in [-0.2, -0.15) is 0 Å². The summed E-state index contributed by atoms with van der Waals surface area (Å²) in [7, 11) is 0. The molecule has 0 radical (unpaired) electrons. The Labute approximate surface area is 140 Å². The molecule has 0 atom stereocenters. The zero-order valence-corrected chi connectivity index (χ0v) is 14.0. The maximum absolute atomic E-state index is 11.6. The fourth-order valence-electron chi connectivity index (χ4n) is 1.69. The van der Waals surface area contributed by atoms with Crippen LogP contribution >= 0.6 is 23.2 Å². The van der Waals surface area contributed by atoms with Crippen molar-refractivity contribution >= 4 is 35.0 Å². The number of hydrogen-bond donors (Lipinski definition) is 2. The summed E-state index contributed by atoms with van der Waals surface area (Å²) >= 11 is 11.7. The minimum Gasteiger partial charge on any atom is -0.482 e. The molecule has 2 N–H and O–H groups in total. The van der Waals surface area contributed by atoms with Gasteiger partial charge in [-0.1, -0.05) is 49.4 Å². The van der Waals surface area contributed by atoms with Crippen LogP contribution in [-0.2, 0) is 9.59 Å². The van der Waals surface area contributed by atoms with Crippen molar-refractivity contribution in [1.29, 1.82) is 0 Å². The van der Waals surface area contributed by atoms with Gasteiger partial charge in [0.15, 0.2) is 6.61 Å². The molecule has 5 nitrogen and oxygen atoms in total. The Bertz CT molecular complexity index is 510. The number of carbonyl (C=O) groups is 2. The number of rotatable bonds is 8. The number of benzene rings is 1. The Morgan fingerprint density at radius 2 is 1.82 bits per heavy atom. The van der Waals surface area contributed by atoms with E-state index < -0.39 is 5.91 Å². The molecule has 0 heterocycles. The van der Waals surface area contributed by atoms with E-state index in [0.717, 1.165) is 25.7 Å². The molecule has 0 bridgehead atoms. The van der Waals surface area contributed by atoms with Crippen molar-refractivity contribution in [3.8, 4) is 5.75 Å². The van der Waals surface area contributed by atoms with Crippen molar-refractivity contribution < 1.29 is 14.3 Å². The summed E-state index contributed by atoms with van der Waals surface area (Å²) in [6.45, 7) is 1.85. The molecule has 0 spiro atoms. The van der Waals surface area contributed by atoms with Gasteiger partial charge in [0.25, 0.3) is 5.91 Å². The lowest BCUT2D eigenvalue weighted by atomic mass is 10.1. The highest BCUT2D eigenvalue weighted by atomic mass is 35.5. The van der Waals surface area contributed by atoms with Crippen molar-refractivity contribution in [2.45, 2.75) is 39.0 Å². The van der Waals surface area contributed by atoms with Crippen molar-refractivity contribution in [3.63, 3.8) is 0 Å². The summed E-state index contributed by atoms with van der Waals surface area (Å²) in [5, 5.41) is 0.803. The molecule has 0 aromatic heterocycles. The largest absolute Gasteiger partial charge is 0.482 e. The second-order valence-electron chi connectivity index (χ2n) is 4.77. The number of hydrazine groups is 1. The SMILES string of the molecule is CCCCCCC(=O)NNC(=O)COc1ccc(Cl)cc1Cl. The number of ether oxygens (including phenoxy) is 1. The van der Waals surface area contributed by atoms with E-state index in [2.05, 4.69) is 17.8 Å². The van der Waals surface area contributed by atoms with E-state index in [4.69, 9.17) is 27.9 Å². The lowest BCUT2D eigenvalue weighted by molar-refractivity contribution is -0.130. The van der Waals surface area contributed by atoms with Crippen LogP contribution in [0.3, 0.4) is 0 Å². The van der Waals surface area contributed by atoms with Gasteiger partial charge in [-0.25, -0.2) is 0 Å². The van der Waals surface area contributed by atoms with E-state index in [9.17, 15) is 9.59 Å². The Morgan fingerprint density at radius 3 is 2.50 bits per heavy atom. The van der Waals surface area contributed by atoms with Crippen LogP contribution < -0.4 is 15.6 Å².